The maximum atomic E-state index is 12.4. The third kappa shape index (κ3) is 4.06. The maximum Gasteiger partial charge on any atom is 0.266 e. The Kier molecular flexibility index (Phi) is 5.70. The molecule has 2 fully saturated rings. The zero-order valence-electron chi connectivity index (χ0n) is 13.1. The summed E-state index contributed by atoms with van der Waals surface area (Å²) in [7, 11) is 0. The first kappa shape index (κ1) is 17.2. The molecule has 0 spiro atoms. The molecule has 2 aliphatic heterocycles. The van der Waals surface area contributed by atoms with Gasteiger partial charge in [0.1, 0.15) is 10.1 Å². The van der Waals surface area contributed by atoms with Gasteiger partial charge in [-0.2, -0.15) is 0 Å². The van der Waals surface area contributed by atoms with Gasteiger partial charge in [-0.3, -0.25) is 14.5 Å². The van der Waals surface area contributed by atoms with Gasteiger partial charge in [0.2, 0.25) is 5.91 Å². The minimum atomic E-state index is -0.125. The first-order chi connectivity index (χ1) is 11.6. The zero-order valence-corrected chi connectivity index (χ0v) is 14.7. The number of furan rings is 1. The minimum Gasteiger partial charge on any atom is -0.465 e. The highest BCUT2D eigenvalue weighted by Gasteiger charge is 2.32. The fourth-order valence-electron chi connectivity index (χ4n) is 2.55. The number of amides is 2. The van der Waals surface area contributed by atoms with Crippen LogP contribution in [0.1, 0.15) is 18.6 Å². The molecule has 0 N–H and O–H groups in total. The maximum absolute atomic E-state index is 12.4. The van der Waals surface area contributed by atoms with Crippen LogP contribution < -0.4 is 0 Å². The molecule has 2 aliphatic rings. The minimum absolute atomic E-state index is 0.106. The van der Waals surface area contributed by atoms with Gasteiger partial charge in [-0.15, -0.1) is 0 Å². The standard InChI is InChI=1S/C16H18N2O4S2/c19-14(17-6-9-21-10-7-17)4-1-5-18-15(20)13(24-16(18)23)11-12-3-2-8-22-12/h2-3,8,11H,1,4-7,9-10H2/b13-11+. The van der Waals surface area contributed by atoms with Crippen molar-refractivity contribution in [3.05, 3.63) is 29.1 Å². The first-order valence-electron chi connectivity index (χ1n) is 7.79. The van der Waals surface area contributed by atoms with Gasteiger partial charge in [0, 0.05) is 32.1 Å². The molecule has 8 heteroatoms. The highest BCUT2D eigenvalue weighted by atomic mass is 32.2. The van der Waals surface area contributed by atoms with Crippen LogP contribution in [0, 0.1) is 0 Å². The molecule has 0 aliphatic carbocycles. The quantitative estimate of drug-likeness (QED) is 0.588. The predicted molar refractivity (Wildman–Crippen MR) is 95.2 cm³/mol. The van der Waals surface area contributed by atoms with Crippen molar-refractivity contribution in [2.24, 2.45) is 0 Å². The van der Waals surface area contributed by atoms with Gasteiger partial charge in [0.15, 0.2) is 0 Å². The van der Waals surface area contributed by atoms with E-state index in [9.17, 15) is 9.59 Å². The van der Waals surface area contributed by atoms with Crippen LogP contribution in [0.2, 0.25) is 0 Å². The number of nitrogens with zero attached hydrogens (tertiary/aromatic N) is 2. The molecular formula is C16H18N2O4S2. The normalized spacial score (nSPS) is 20.2. The summed E-state index contributed by atoms with van der Waals surface area (Å²) in [4.78, 5) is 28.4. The molecule has 24 heavy (non-hydrogen) atoms. The van der Waals surface area contributed by atoms with Crippen LogP contribution in [0.4, 0.5) is 0 Å². The van der Waals surface area contributed by atoms with Gasteiger partial charge in [-0.25, -0.2) is 0 Å². The van der Waals surface area contributed by atoms with E-state index >= 15 is 0 Å². The Morgan fingerprint density at radius 2 is 2.17 bits per heavy atom. The number of thioether (sulfide) groups is 1. The lowest BCUT2D eigenvalue weighted by molar-refractivity contribution is -0.135. The number of carbonyl (C=O) groups excluding carboxylic acids is 2. The first-order valence-corrected chi connectivity index (χ1v) is 9.02. The second kappa shape index (κ2) is 7.96. The smallest absolute Gasteiger partial charge is 0.266 e. The van der Waals surface area contributed by atoms with E-state index in [1.165, 1.54) is 11.8 Å². The van der Waals surface area contributed by atoms with Crippen LogP contribution in [-0.2, 0) is 14.3 Å². The lowest BCUT2D eigenvalue weighted by Crippen LogP contribution is -2.41. The third-order valence-corrected chi connectivity index (χ3v) is 5.20. The van der Waals surface area contributed by atoms with Gasteiger partial charge in [-0.1, -0.05) is 24.0 Å². The van der Waals surface area contributed by atoms with E-state index in [1.54, 1.807) is 29.4 Å². The SMILES string of the molecule is O=C(CCCN1C(=O)/C(=C\c2ccco2)SC1=S)N1CCOCC1. The predicted octanol–water partition coefficient (Wildman–Crippen LogP) is 2.12. The average molecular weight is 366 g/mol. The van der Waals surface area contributed by atoms with Gasteiger partial charge < -0.3 is 14.1 Å². The van der Waals surface area contributed by atoms with Crippen molar-refractivity contribution in [3.8, 4) is 0 Å². The highest BCUT2D eigenvalue weighted by Crippen LogP contribution is 2.32. The summed E-state index contributed by atoms with van der Waals surface area (Å²) in [5.41, 5.74) is 0. The lowest BCUT2D eigenvalue weighted by atomic mass is 10.2. The van der Waals surface area contributed by atoms with Crippen molar-refractivity contribution in [2.45, 2.75) is 12.8 Å². The summed E-state index contributed by atoms with van der Waals surface area (Å²) >= 11 is 6.54. The largest absolute Gasteiger partial charge is 0.465 e. The molecule has 128 valence electrons. The highest BCUT2D eigenvalue weighted by molar-refractivity contribution is 8.26. The summed E-state index contributed by atoms with van der Waals surface area (Å²) in [6.45, 7) is 2.93. The van der Waals surface area contributed by atoms with E-state index in [0.29, 0.717) is 60.7 Å². The number of hydrogen-bond donors (Lipinski definition) is 0. The Hall–Kier alpha value is -1.64. The molecule has 0 bridgehead atoms. The van der Waals surface area contributed by atoms with Crippen molar-refractivity contribution in [1.82, 2.24) is 9.80 Å². The van der Waals surface area contributed by atoms with Crippen molar-refractivity contribution in [1.29, 1.82) is 0 Å². The second-order valence-electron chi connectivity index (χ2n) is 5.45. The fraction of sp³-hybridized carbons (Fsp3) is 0.438. The van der Waals surface area contributed by atoms with Gasteiger partial charge >= 0.3 is 0 Å². The molecule has 2 saturated heterocycles. The Bertz CT molecular complexity index is 651. The van der Waals surface area contributed by atoms with Crippen molar-refractivity contribution >= 4 is 46.2 Å². The summed E-state index contributed by atoms with van der Waals surface area (Å²) in [6.07, 6.45) is 4.26. The number of morpholine rings is 1. The van der Waals surface area contributed by atoms with Crippen molar-refractivity contribution in [2.75, 3.05) is 32.8 Å². The Morgan fingerprint density at radius 3 is 2.88 bits per heavy atom. The summed E-state index contributed by atoms with van der Waals surface area (Å²) < 4.78 is 11.0. The molecule has 3 rings (SSSR count). The van der Waals surface area contributed by atoms with E-state index in [0.717, 1.165) is 0 Å². The molecule has 0 radical (unpaired) electrons. The summed E-state index contributed by atoms with van der Waals surface area (Å²) in [5.74, 6) is 0.605. The second-order valence-corrected chi connectivity index (χ2v) is 7.12. The third-order valence-electron chi connectivity index (χ3n) is 3.83. The number of thiocarbonyl (C=S) groups is 1. The van der Waals surface area contributed by atoms with E-state index in [4.69, 9.17) is 21.4 Å². The van der Waals surface area contributed by atoms with E-state index < -0.39 is 0 Å². The average Bonchev–Trinajstić information content (AvgIpc) is 3.19. The molecule has 1 aromatic heterocycles. The van der Waals surface area contributed by atoms with E-state index in [2.05, 4.69) is 0 Å². The van der Waals surface area contributed by atoms with Crippen molar-refractivity contribution in [3.63, 3.8) is 0 Å². The number of rotatable bonds is 5. The monoisotopic (exact) mass is 366 g/mol. The van der Waals surface area contributed by atoms with Gasteiger partial charge in [-0.05, 0) is 18.6 Å². The Balaban J connectivity index is 1.51. The molecule has 3 heterocycles. The van der Waals surface area contributed by atoms with Gasteiger partial charge in [0.25, 0.3) is 5.91 Å². The summed E-state index contributed by atoms with van der Waals surface area (Å²) in [6, 6.07) is 3.55. The number of hydrogen-bond acceptors (Lipinski definition) is 6. The van der Waals surface area contributed by atoms with Crippen LogP contribution in [0.5, 0.6) is 0 Å². The van der Waals surface area contributed by atoms with Gasteiger partial charge in [0.05, 0.1) is 24.4 Å². The molecular weight excluding hydrogens is 348 g/mol. The van der Waals surface area contributed by atoms with Crippen LogP contribution in [0.3, 0.4) is 0 Å². The molecule has 6 nitrogen and oxygen atoms in total. The Labute approximate surface area is 149 Å². The zero-order chi connectivity index (χ0) is 16.9. The number of carbonyl (C=O) groups is 2. The summed E-state index contributed by atoms with van der Waals surface area (Å²) in [5, 5.41) is 0. The van der Waals surface area contributed by atoms with Crippen LogP contribution in [-0.4, -0.2) is 58.8 Å². The topological polar surface area (TPSA) is 63.0 Å². The molecule has 0 aromatic carbocycles. The molecule has 0 atom stereocenters. The van der Waals surface area contributed by atoms with Crippen LogP contribution >= 0.6 is 24.0 Å². The van der Waals surface area contributed by atoms with E-state index in [-0.39, 0.29) is 11.8 Å². The van der Waals surface area contributed by atoms with Crippen LogP contribution in [0.15, 0.2) is 27.7 Å². The molecule has 0 unspecified atom stereocenters. The molecule has 0 saturated carbocycles. The fourth-order valence-corrected chi connectivity index (χ4v) is 3.84. The Morgan fingerprint density at radius 1 is 1.38 bits per heavy atom. The van der Waals surface area contributed by atoms with Crippen LogP contribution in [0.25, 0.3) is 6.08 Å². The van der Waals surface area contributed by atoms with E-state index in [1.807, 2.05) is 4.90 Å². The lowest BCUT2D eigenvalue weighted by Gasteiger charge is -2.27. The van der Waals surface area contributed by atoms with Crippen molar-refractivity contribution < 1.29 is 18.7 Å². The molecule has 1 aromatic rings. The number of ether oxygens (including phenoxy) is 1. The molecule has 2 amide bonds.